The van der Waals surface area contributed by atoms with Crippen molar-refractivity contribution >= 4 is 51.9 Å². The first-order valence-electron chi connectivity index (χ1n) is 9.84. The number of benzene rings is 1. The van der Waals surface area contributed by atoms with Gasteiger partial charge in [-0.3, -0.25) is 4.68 Å². The van der Waals surface area contributed by atoms with Crippen molar-refractivity contribution in [3.63, 3.8) is 0 Å². The monoisotopic (exact) mass is 575 g/mol. The second-order valence-corrected chi connectivity index (χ2v) is 9.52. The van der Waals surface area contributed by atoms with E-state index in [0.29, 0.717) is 22.4 Å². The minimum atomic E-state index is -0.630. The molecule has 2 aromatic heterocycles. The van der Waals surface area contributed by atoms with Gasteiger partial charge in [-0.25, -0.2) is 12.5 Å². The second-order valence-electron chi connectivity index (χ2n) is 7.49. The van der Waals surface area contributed by atoms with Crippen LogP contribution in [0.1, 0.15) is 31.4 Å². The molecule has 31 heavy (non-hydrogen) atoms. The zero-order valence-electron chi connectivity index (χ0n) is 16.7. The molecule has 3 heterocycles. The van der Waals surface area contributed by atoms with Gasteiger partial charge in [0.1, 0.15) is 11.9 Å². The molecule has 2 N–H and O–H groups in total. The highest BCUT2D eigenvalue weighted by Gasteiger charge is 2.23. The molecular formula is C21H21Cl2FIN5O. The van der Waals surface area contributed by atoms with Crippen LogP contribution >= 0.6 is 46.1 Å². The van der Waals surface area contributed by atoms with Crippen molar-refractivity contribution in [2.75, 3.05) is 12.3 Å². The molecule has 1 aliphatic heterocycles. The van der Waals surface area contributed by atoms with E-state index in [4.69, 9.17) is 33.7 Å². The highest BCUT2D eigenvalue weighted by Crippen LogP contribution is 2.37. The molecule has 4 rings (SSSR count). The lowest BCUT2D eigenvalue weighted by Gasteiger charge is -2.19. The molecule has 1 fully saturated rings. The molecule has 10 heteroatoms. The molecule has 0 saturated carbocycles. The van der Waals surface area contributed by atoms with Crippen molar-refractivity contribution in [3.05, 3.63) is 58.2 Å². The molecule has 2 atom stereocenters. The van der Waals surface area contributed by atoms with Gasteiger partial charge in [-0.2, -0.15) is 5.10 Å². The predicted molar refractivity (Wildman–Crippen MR) is 129 cm³/mol. The molecular weight excluding hydrogens is 555 g/mol. The molecule has 1 aliphatic rings. The van der Waals surface area contributed by atoms with E-state index in [0.717, 1.165) is 24.2 Å². The topological polar surface area (TPSA) is 69.2 Å². The number of rotatable bonds is 6. The standard InChI is InChI=1S/C21H21Cl2FIN5O/c1-12(19-16(22)4-5-17(24)20(19)23)31-18-7-13(8-27-21(18)26)14-9-28-29(10-14)11-15-3-2-6-30(15)25/h4-5,7-10,12,15H,2-3,6,11H2,1H3,(H2,26,27). The first-order chi connectivity index (χ1) is 14.8. The normalized spacial score (nSPS) is 17.8. The maximum atomic E-state index is 13.9. The molecule has 6 nitrogen and oxygen atoms in total. The van der Waals surface area contributed by atoms with Gasteiger partial charge in [0.2, 0.25) is 0 Å². The SMILES string of the molecule is CC(Oc1cc(-c2cnn(CC3CCCN3I)c2)cnc1N)c1c(Cl)ccc(F)c1Cl. The van der Waals surface area contributed by atoms with E-state index in [-0.39, 0.29) is 10.8 Å². The molecule has 0 aliphatic carbocycles. The first kappa shape index (κ1) is 22.6. The van der Waals surface area contributed by atoms with Crippen molar-refractivity contribution < 1.29 is 9.13 Å². The van der Waals surface area contributed by atoms with Gasteiger partial charge in [0, 0.05) is 69.6 Å². The van der Waals surface area contributed by atoms with E-state index in [1.807, 2.05) is 10.9 Å². The van der Waals surface area contributed by atoms with Crippen LogP contribution in [-0.2, 0) is 6.54 Å². The van der Waals surface area contributed by atoms with E-state index in [9.17, 15) is 4.39 Å². The van der Waals surface area contributed by atoms with Crippen LogP contribution in [0, 0.1) is 5.82 Å². The van der Waals surface area contributed by atoms with Gasteiger partial charge in [0.05, 0.1) is 17.8 Å². The number of pyridine rings is 1. The molecule has 2 unspecified atom stereocenters. The van der Waals surface area contributed by atoms with Crippen molar-refractivity contribution in [2.45, 2.75) is 38.5 Å². The van der Waals surface area contributed by atoms with Gasteiger partial charge in [-0.1, -0.05) is 23.2 Å². The van der Waals surface area contributed by atoms with Crippen LogP contribution in [0.5, 0.6) is 5.75 Å². The summed E-state index contributed by atoms with van der Waals surface area (Å²) < 4.78 is 24.2. The number of halogens is 4. The lowest BCUT2D eigenvalue weighted by Crippen LogP contribution is -2.24. The quantitative estimate of drug-likeness (QED) is 0.224. The minimum absolute atomic E-state index is 0.0693. The van der Waals surface area contributed by atoms with Crippen LogP contribution in [0.3, 0.4) is 0 Å². The van der Waals surface area contributed by atoms with Crippen molar-refractivity contribution in [1.82, 2.24) is 17.9 Å². The van der Waals surface area contributed by atoms with Crippen LogP contribution in [-0.4, -0.2) is 30.5 Å². The fraction of sp³-hybridized carbons (Fsp3) is 0.333. The number of anilines is 1. The Bertz CT molecular complexity index is 1100. The van der Waals surface area contributed by atoms with E-state index < -0.39 is 11.9 Å². The summed E-state index contributed by atoms with van der Waals surface area (Å²) in [6, 6.07) is 4.95. The predicted octanol–water partition coefficient (Wildman–Crippen LogP) is 5.93. The number of nitrogens with zero attached hydrogens (tertiary/aromatic N) is 4. The lowest BCUT2D eigenvalue weighted by molar-refractivity contribution is 0.227. The third-order valence-electron chi connectivity index (χ3n) is 5.34. The summed E-state index contributed by atoms with van der Waals surface area (Å²) in [6.07, 6.45) is 7.22. The Balaban J connectivity index is 1.55. The van der Waals surface area contributed by atoms with Gasteiger partial charge in [0.25, 0.3) is 0 Å². The highest BCUT2D eigenvalue weighted by atomic mass is 127. The van der Waals surface area contributed by atoms with Crippen molar-refractivity contribution in [3.8, 4) is 16.9 Å². The Morgan fingerprint density at radius 1 is 1.32 bits per heavy atom. The summed E-state index contributed by atoms with van der Waals surface area (Å²) >= 11 is 14.7. The first-order valence-corrected chi connectivity index (χ1v) is 11.6. The molecule has 1 aromatic carbocycles. The fourth-order valence-corrected chi connectivity index (χ4v) is 5.15. The number of hydrogen-bond acceptors (Lipinski definition) is 5. The summed E-state index contributed by atoms with van der Waals surface area (Å²) in [5, 5.41) is 4.74. The maximum Gasteiger partial charge on any atom is 0.166 e. The third-order valence-corrected chi connectivity index (χ3v) is 7.33. The maximum absolute atomic E-state index is 13.9. The van der Waals surface area contributed by atoms with Crippen molar-refractivity contribution in [1.29, 1.82) is 0 Å². The highest BCUT2D eigenvalue weighted by molar-refractivity contribution is 14.1. The Labute approximate surface area is 204 Å². The summed E-state index contributed by atoms with van der Waals surface area (Å²) in [6.45, 7) is 3.68. The van der Waals surface area contributed by atoms with Crippen molar-refractivity contribution in [2.24, 2.45) is 0 Å². The van der Waals surface area contributed by atoms with Gasteiger partial charge >= 0.3 is 0 Å². The van der Waals surface area contributed by atoms with Crippen LogP contribution in [0.25, 0.3) is 11.1 Å². The lowest BCUT2D eigenvalue weighted by atomic mass is 10.1. The average molecular weight is 576 g/mol. The minimum Gasteiger partial charge on any atom is -0.482 e. The Kier molecular flexibility index (Phi) is 6.90. The molecule has 1 saturated heterocycles. The molecule has 0 radical (unpaired) electrons. The Morgan fingerprint density at radius 3 is 2.87 bits per heavy atom. The van der Waals surface area contributed by atoms with Crippen LogP contribution in [0.15, 0.2) is 36.8 Å². The zero-order chi connectivity index (χ0) is 22.1. The summed E-state index contributed by atoms with van der Waals surface area (Å²) in [7, 11) is 0. The van der Waals surface area contributed by atoms with E-state index in [2.05, 4.69) is 36.1 Å². The molecule has 0 spiro atoms. The molecule has 0 bridgehead atoms. The summed E-state index contributed by atoms with van der Waals surface area (Å²) in [5.41, 5.74) is 8.11. The number of nitrogen functional groups attached to an aromatic ring is 1. The van der Waals surface area contributed by atoms with E-state index in [1.54, 1.807) is 25.4 Å². The molecule has 3 aromatic rings. The number of hydrogen-bond donors (Lipinski definition) is 1. The van der Waals surface area contributed by atoms with Gasteiger partial charge in [-0.15, -0.1) is 0 Å². The number of nitrogens with two attached hydrogens (primary N) is 1. The van der Waals surface area contributed by atoms with E-state index >= 15 is 0 Å². The van der Waals surface area contributed by atoms with Gasteiger partial charge < -0.3 is 10.5 Å². The second kappa shape index (κ2) is 9.48. The van der Waals surface area contributed by atoms with Gasteiger partial charge in [0.15, 0.2) is 11.6 Å². The third kappa shape index (κ3) is 4.92. The Morgan fingerprint density at radius 2 is 2.13 bits per heavy atom. The average Bonchev–Trinajstić information content (AvgIpc) is 3.36. The molecule has 164 valence electrons. The summed E-state index contributed by atoms with van der Waals surface area (Å²) in [5.74, 6) is 0.0256. The number of aromatic nitrogens is 3. The Hall–Kier alpha value is -1.62. The summed E-state index contributed by atoms with van der Waals surface area (Å²) in [4.78, 5) is 4.26. The number of ether oxygens (including phenoxy) is 1. The van der Waals surface area contributed by atoms with E-state index in [1.165, 1.54) is 25.0 Å². The fourth-order valence-electron chi connectivity index (χ4n) is 3.68. The van der Waals surface area contributed by atoms with Crippen LogP contribution in [0.4, 0.5) is 10.2 Å². The molecule has 0 amide bonds. The van der Waals surface area contributed by atoms with Gasteiger partial charge in [-0.05, 0) is 38.0 Å². The smallest absolute Gasteiger partial charge is 0.166 e. The largest absolute Gasteiger partial charge is 0.482 e. The zero-order valence-corrected chi connectivity index (χ0v) is 20.4. The van der Waals surface area contributed by atoms with Crippen LogP contribution in [0.2, 0.25) is 10.0 Å². The van der Waals surface area contributed by atoms with Crippen LogP contribution < -0.4 is 10.5 Å².